The summed E-state index contributed by atoms with van der Waals surface area (Å²) < 4.78 is 0. The average Bonchev–Trinajstić information content (AvgIpc) is 2.21. The average molecular weight is 243 g/mol. The van der Waals surface area contributed by atoms with Crippen LogP contribution in [0.4, 0.5) is 5.69 Å². The summed E-state index contributed by atoms with van der Waals surface area (Å²) in [5.41, 5.74) is 1.03. The summed E-state index contributed by atoms with van der Waals surface area (Å²) in [5.74, 6) is 0. The smallest absolute Gasteiger partial charge is 0.307 e. The predicted molar refractivity (Wildman–Crippen MR) is 61.4 cm³/mol. The van der Waals surface area contributed by atoms with Crippen molar-refractivity contribution in [2.75, 3.05) is 6.61 Å². The first-order chi connectivity index (χ1) is 7.56. The summed E-state index contributed by atoms with van der Waals surface area (Å²) >= 11 is 5.64. The Morgan fingerprint density at radius 2 is 2.38 bits per heavy atom. The van der Waals surface area contributed by atoms with Gasteiger partial charge < -0.3 is 5.11 Å². The van der Waals surface area contributed by atoms with Crippen LogP contribution in [0, 0.1) is 17.0 Å². The molecule has 0 aliphatic heterocycles. The summed E-state index contributed by atoms with van der Waals surface area (Å²) in [4.78, 5) is 13.9. The molecule has 0 spiro atoms. The van der Waals surface area contributed by atoms with Crippen molar-refractivity contribution in [2.45, 2.75) is 13.3 Å². The molecule has 1 rings (SSSR count). The SMILES string of the molecule is Cc1nc(Cl)c([N+](=O)[O-])cc1C=CCCO. The van der Waals surface area contributed by atoms with E-state index in [0.717, 1.165) is 0 Å². The van der Waals surface area contributed by atoms with E-state index in [0.29, 0.717) is 17.7 Å². The summed E-state index contributed by atoms with van der Waals surface area (Å²) in [6, 6.07) is 1.37. The van der Waals surface area contributed by atoms with Gasteiger partial charge in [0.05, 0.1) is 4.92 Å². The molecule has 0 amide bonds. The van der Waals surface area contributed by atoms with Gasteiger partial charge in [0.25, 0.3) is 0 Å². The number of hydrogen-bond acceptors (Lipinski definition) is 4. The molecule has 1 aromatic rings. The van der Waals surface area contributed by atoms with E-state index in [1.54, 1.807) is 19.1 Å². The van der Waals surface area contributed by atoms with Gasteiger partial charge in [0.2, 0.25) is 5.15 Å². The third-order valence-electron chi connectivity index (χ3n) is 1.98. The molecule has 1 heterocycles. The Balaban J connectivity index is 3.09. The van der Waals surface area contributed by atoms with E-state index in [-0.39, 0.29) is 17.4 Å². The fourth-order valence-electron chi connectivity index (χ4n) is 1.16. The van der Waals surface area contributed by atoms with Crippen molar-refractivity contribution in [2.24, 2.45) is 0 Å². The van der Waals surface area contributed by atoms with Gasteiger partial charge in [-0.1, -0.05) is 23.8 Å². The molecule has 1 N–H and O–H groups in total. The Morgan fingerprint density at radius 1 is 1.69 bits per heavy atom. The molecule has 0 saturated carbocycles. The van der Waals surface area contributed by atoms with E-state index in [1.165, 1.54) is 6.07 Å². The Kier molecular flexibility index (Phi) is 4.39. The van der Waals surface area contributed by atoms with Crippen molar-refractivity contribution < 1.29 is 10.0 Å². The number of aromatic nitrogens is 1. The summed E-state index contributed by atoms with van der Waals surface area (Å²) in [5, 5.41) is 19.1. The monoisotopic (exact) mass is 242 g/mol. The largest absolute Gasteiger partial charge is 0.396 e. The fourth-order valence-corrected chi connectivity index (χ4v) is 1.41. The third-order valence-corrected chi connectivity index (χ3v) is 2.26. The van der Waals surface area contributed by atoms with Gasteiger partial charge in [-0.2, -0.15) is 0 Å². The molecule has 5 nitrogen and oxygen atoms in total. The molecule has 0 aromatic carbocycles. The number of hydrogen-bond donors (Lipinski definition) is 1. The molecule has 0 fully saturated rings. The second kappa shape index (κ2) is 5.58. The number of pyridine rings is 1. The van der Waals surface area contributed by atoms with Crippen LogP contribution in [0.15, 0.2) is 12.1 Å². The highest BCUT2D eigenvalue weighted by molar-refractivity contribution is 6.31. The van der Waals surface area contributed by atoms with Gasteiger partial charge in [-0.25, -0.2) is 4.98 Å². The first-order valence-electron chi connectivity index (χ1n) is 4.65. The molecule has 0 aliphatic rings. The number of aryl methyl sites for hydroxylation is 1. The predicted octanol–water partition coefficient (Wildman–Crippen LogP) is 2.35. The zero-order chi connectivity index (χ0) is 12.1. The maximum absolute atomic E-state index is 10.6. The van der Waals surface area contributed by atoms with E-state index < -0.39 is 4.92 Å². The first-order valence-corrected chi connectivity index (χ1v) is 5.03. The zero-order valence-corrected chi connectivity index (χ0v) is 9.44. The normalized spacial score (nSPS) is 10.9. The number of aliphatic hydroxyl groups excluding tert-OH is 1. The van der Waals surface area contributed by atoms with E-state index in [1.807, 2.05) is 0 Å². The van der Waals surface area contributed by atoms with Crippen molar-refractivity contribution in [3.63, 3.8) is 0 Å². The van der Waals surface area contributed by atoms with E-state index >= 15 is 0 Å². The number of rotatable bonds is 4. The van der Waals surface area contributed by atoms with Crippen molar-refractivity contribution in [3.8, 4) is 0 Å². The number of nitro groups is 1. The van der Waals surface area contributed by atoms with E-state index in [9.17, 15) is 10.1 Å². The minimum absolute atomic E-state index is 0.0403. The van der Waals surface area contributed by atoms with Crippen LogP contribution in [0.1, 0.15) is 17.7 Å². The van der Waals surface area contributed by atoms with Gasteiger partial charge in [-0.05, 0) is 13.3 Å². The van der Waals surface area contributed by atoms with E-state index in [2.05, 4.69) is 4.98 Å². The Bertz CT molecular complexity index is 432. The number of nitrogens with zero attached hydrogens (tertiary/aromatic N) is 2. The molecule has 6 heteroatoms. The standard InChI is InChI=1S/C10H11ClN2O3/c1-7-8(4-2-3-5-14)6-9(13(15)16)10(11)12-7/h2,4,6,14H,3,5H2,1H3. The maximum atomic E-state index is 10.6. The van der Waals surface area contributed by atoms with Crippen LogP contribution >= 0.6 is 11.6 Å². The molecule has 0 bridgehead atoms. The van der Waals surface area contributed by atoms with Gasteiger partial charge in [0.15, 0.2) is 0 Å². The Hall–Kier alpha value is -1.46. The minimum Gasteiger partial charge on any atom is -0.396 e. The van der Waals surface area contributed by atoms with Gasteiger partial charge >= 0.3 is 5.69 Å². The lowest BCUT2D eigenvalue weighted by Crippen LogP contribution is -1.95. The quantitative estimate of drug-likeness (QED) is 0.500. The van der Waals surface area contributed by atoms with Crippen molar-refractivity contribution >= 4 is 23.4 Å². The lowest BCUT2D eigenvalue weighted by molar-refractivity contribution is -0.385. The summed E-state index contributed by atoms with van der Waals surface area (Å²) in [6.07, 6.45) is 3.90. The maximum Gasteiger partial charge on any atom is 0.307 e. The highest BCUT2D eigenvalue weighted by Crippen LogP contribution is 2.25. The summed E-state index contributed by atoms with van der Waals surface area (Å²) in [6.45, 7) is 1.76. The van der Waals surface area contributed by atoms with Crippen molar-refractivity contribution in [1.82, 2.24) is 4.98 Å². The Morgan fingerprint density at radius 3 is 2.94 bits per heavy atom. The highest BCUT2D eigenvalue weighted by Gasteiger charge is 2.15. The topological polar surface area (TPSA) is 76.3 Å². The Labute approximate surface area is 97.5 Å². The van der Waals surface area contributed by atoms with Gasteiger partial charge in [-0.3, -0.25) is 10.1 Å². The molecule has 0 aliphatic carbocycles. The van der Waals surface area contributed by atoms with Crippen LogP contribution in [-0.4, -0.2) is 21.6 Å². The minimum atomic E-state index is -0.571. The molecule has 0 atom stereocenters. The lowest BCUT2D eigenvalue weighted by atomic mass is 10.1. The number of aliphatic hydroxyl groups is 1. The van der Waals surface area contributed by atoms with Crippen LogP contribution in [0.3, 0.4) is 0 Å². The van der Waals surface area contributed by atoms with Gasteiger partial charge in [-0.15, -0.1) is 0 Å². The second-order valence-electron chi connectivity index (χ2n) is 3.14. The second-order valence-corrected chi connectivity index (χ2v) is 3.50. The molecule has 1 aromatic heterocycles. The highest BCUT2D eigenvalue weighted by atomic mass is 35.5. The molecule has 0 unspecified atom stereocenters. The number of halogens is 1. The van der Waals surface area contributed by atoms with Crippen LogP contribution < -0.4 is 0 Å². The van der Waals surface area contributed by atoms with Crippen LogP contribution in [-0.2, 0) is 0 Å². The van der Waals surface area contributed by atoms with Crippen LogP contribution in [0.5, 0.6) is 0 Å². The lowest BCUT2D eigenvalue weighted by Gasteiger charge is -2.01. The van der Waals surface area contributed by atoms with Crippen LogP contribution in [0.2, 0.25) is 5.15 Å². The van der Waals surface area contributed by atoms with Crippen LogP contribution in [0.25, 0.3) is 6.08 Å². The van der Waals surface area contributed by atoms with Gasteiger partial charge in [0, 0.05) is 23.9 Å². The first kappa shape index (κ1) is 12.6. The molecule has 86 valence electrons. The summed E-state index contributed by atoms with van der Waals surface area (Å²) in [7, 11) is 0. The molecular weight excluding hydrogens is 232 g/mol. The zero-order valence-electron chi connectivity index (χ0n) is 8.68. The third kappa shape index (κ3) is 3.01. The molecule has 0 saturated heterocycles. The molecular formula is C10H11ClN2O3. The molecule has 16 heavy (non-hydrogen) atoms. The molecule has 0 radical (unpaired) electrons. The van der Waals surface area contributed by atoms with Crippen molar-refractivity contribution in [1.29, 1.82) is 0 Å². The van der Waals surface area contributed by atoms with Crippen molar-refractivity contribution in [3.05, 3.63) is 38.7 Å². The fraction of sp³-hybridized carbons (Fsp3) is 0.300. The van der Waals surface area contributed by atoms with Gasteiger partial charge in [0.1, 0.15) is 0 Å². The van der Waals surface area contributed by atoms with E-state index in [4.69, 9.17) is 16.7 Å².